The van der Waals surface area contributed by atoms with Crippen molar-refractivity contribution in [1.82, 2.24) is 0 Å². The molecule has 10 heavy (non-hydrogen) atoms. The summed E-state index contributed by atoms with van der Waals surface area (Å²) in [4.78, 5) is 10.6. The molecule has 4 nitrogen and oxygen atoms in total. The normalized spacial score (nSPS) is 32.4. The van der Waals surface area contributed by atoms with Crippen LogP contribution in [0.3, 0.4) is 0 Å². The standard InChI is InChI=1S/C6H11NO3/c1-2-9-6-4(7)3-5(8)10-6/h4,6H,2-3,7H2,1H3/t4-,6?/m1/s1. The molecule has 1 heterocycles. The van der Waals surface area contributed by atoms with E-state index in [4.69, 9.17) is 15.2 Å². The predicted molar refractivity (Wildman–Crippen MR) is 34.1 cm³/mol. The van der Waals surface area contributed by atoms with Gasteiger partial charge in [0.25, 0.3) is 0 Å². The Bertz CT molecular complexity index is 137. The second-order valence-electron chi connectivity index (χ2n) is 2.18. The summed E-state index contributed by atoms with van der Waals surface area (Å²) >= 11 is 0. The molecule has 0 spiro atoms. The number of hydrogen-bond donors (Lipinski definition) is 1. The number of rotatable bonds is 2. The Morgan fingerprint density at radius 1 is 1.90 bits per heavy atom. The van der Waals surface area contributed by atoms with E-state index in [9.17, 15) is 4.79 Å². The van der Waals surface area contributed by atoms with Gasteiger partial charge < -0.3 is 15.2 Å². The van der Waals surface area contributed by atoms with Gasteiger partial charge in [-0.2, -0.15) is 0 Å². The summed E-state index contributed by atoms with van der Waals surface area (Å²) in [5.74, 6) is -0.272. The third-order valence-corrected chi connectivity index (χ3v) is 1.33. The first-order chi connectivity index (χ1) is 4.74. The molecule has 0 radical (unpaired) electrons. The molecule has 0 aromatic rings. The zero-order valence-corrected chi connectivity index (χ0v) is 5.87. The number of carbonyl (C=O) groups excluding carboxylic acids is 1. The largest absolute Gasteiger partial charge is 0.434 e. The zero-order valence-electron chi connectivity index (χ0n) is 5.87. The summed E-state index contributed by atoms with van der Waals surface area (Å²) in [5.41, 5.74) is 5.48. The lowest BCUT2D eigenvalue weighted by Gasteiger charge is -2.12. The summed E-state index contributed by atoms with van der Waals surface area (Å²) in [6, 6.07) is -0.285. The van der Waals surface area contributed by atoms with Gasteiger partial charge in [-0.05, 0) is 6.92 Å². The molecule has 0 amide bonds. The van der Waals surface area contributed by atoms with Crippen molar-refractivity contribution in [2.75, 3.05) is 6.61 Å². The number of hydrogen-bond acceptors (Lipinski definition) is 4. The quantitative estimate of drug-likeness (QED) is 0.538. The zero-order chi connectivity index (χ0) is 7.56. The van der Waals surface area contributed by atoms with Gasteiger partial charge in [-0.3, -0.25) is 4.79 Å². The SMILES string of the molecule is CCOC1OC(=O)C[C@H]1N. The van der Waals surface area contributed by atoms with Crippen LogP contribution in [0.5, 0.6) is 0 Å². The van der Waals surface area contributed by atoms with Gasteiger partial charge in [0, 0.05) is 6.61 Å². The van der Waals surface area contributed by atoms with Crippen LogP contribution in [-0.2, 0) is 14.3 Å². The maximum Gasteiger partial charge on any atom is 0.309 e. The Kier molecular flexibility index (Phi) is 2.24. The van der Waals surface area contributed by atoms with E-state index in [0.29, 0.717) is 6.61 Å². The van der Waals surface area contributed by atoms with Gasteiger partial charge in [0.15, 0.2) is 0 Å². The summed E-state index contributed by atoms with van der Waals surface area (Å²) < 4.78 is 9.75. The first-order valence-electron chi connectivity index (χ1n) is 3.30. The summed E-state index contributed by atoms with van der Waals surface area (Å²) in [6.45, 7) is 2.35. The fourth-order valence-electron chi connectivity index (χ4n) is 0.876. The molecule has 0 aromatic carbocycles. The Hall–Kier alpha value is -0.610. The Morgan fingerprint density at radius 3 is 3.00 bits per heavy atom. The molecule has 0 aromatic heterocycles. The van der Waals surface area contributed by atoms with Crippen LogP contribution in [0.1, 0.15) is 13.3 Å². The van der Waals surface area contributed by atoms with Crippen LogP contribution in [0, 0.1) is 0 Å². The van der Waals surface area contributed by atoms with Gasteiger partial charge >= 0.3 is 5.97 Å². The number of nitrogens with two attached hydrogens (primary N) is 1. The van der Waals surface area contributed by atoms with Crippen molar-refractivity contribution < 1.29 is 14.3 Å². The molecule has 1 unspecified atom stereocenters. The van der Waals surface area contributed by atoms with Crippen molar-refractivity contribution in [2.45, 2.75) is 25.7 Å². The summed E-state index contributed by atoms with van der Waals surface area (Å²) in [7, 11) is 0. The third-order valence-electron chi connectivity index (χ3n) is 1.33. The van der Waals surface area contributed by atoms with Crippen LogP contribution >= 0.6 is 0 Å². The highest BCUT2D eigenvalue weighted by Crippen LogP contribution is 2.13. The van der Waals surface area contributed by atoms with E-state index < -0.39 is 6.29 Å². The molecule has 2 atom stereocenters. The molecular formula is C6H11NO3. The minimum absolute atomic E-state index is 0.269. The van der Waals surface area contributed by atoms with Crippen LogP contribution in [0.2, 0.25) is 0 Å². The number of cyclic esters (lactones) is 1. The van der Waals surface area contributed by atoms with E-state index in [1.807, 2.05) is 6.92 Å². The summed E-state index contributed by atoms with van der Waals surface area (Å²) in [5, 5.41) is 0. The van der Waals surface area contributed by atoms with E-state index >= 15 is 0 Å². The Balaban J connectivity index is 2.38. The maximum atomic E-state index is 10.6. The van der Waals surface area contributed by atoms with Crippen molar-refractivity contribution in [3.63, 3.8) is 0 Å². The molecule has 1 fully saturated rings. The molecular weight excluding hydrogens is 134 g/mol. The van der Waals surface area contributed by atoms with Gasteiger partial charge in [0.1, 0.15) is 0 Å². The molecule has 0 saturated carbocycles. The lowest BCUT2D eigenvalue weighted by molar-refractivity contribution is -0.162. The van der Waals surface area contributed by atoms with Crippen LogP contribution in [0.15, 0.2) is 0 Å². The van der Waals surface area contributed by atoms with Gasteiger partial charge in [0.05, 0.1) is 12.5 Å². The van der Waals surface area contributed by atoms with Crippen molar-refractivity contribution in [2.24, 2.45) is 5.73 Å². The number of carbonyl (C=O) groups is 1. The second-order valence-corrected chi connectivity index (χ2v) is 2.18. The monoisotopic (exact) mass is 145 g/mol. The van der Waals surface area contributed by atoms with Crippen LogP contribution in [0.4, 0.5) is 0 Å². The minimum atomic E-state index is -0.516. The van der Waals surface area contributed by atoms with Crippen molar-refractivity contribution in [3.8, 4) is 0 Å². The molecule has 2 N–H and O–H groups in total. The highest BCUT2D eigenvalue weighted by Gasteiger charge is 2.32. The van der Waals surface area contributed by atoms with E-state index in [0.717, 1.165) is 0 Å². The average molecular weight is 145 g/mol. The topological polar surface area (TPSA) is 61.5 Å². The average Bonchev–Trinajstić information content (AvgIpc) is 2.13. The van der Waals surface area contributed by atoms with E-state index in [1.54, 1.807) is 0 Å². The Morgan fingerprint density at radius 2 is 2.60 bits per heavy atom. The van der Waals surface area contributed by atoms with E-state index in [1.165, 1.54) is 0 Å². The van der Waals surface area contributed by atoms with Crippen molar-refractivity contribution in [3.05, 3.63) is 0 Å². The first kappa shape index (κ1) is 7.50. The number of ether oxygens (including phenoxy) is 2. The van der Waals surface area contributed by atoms with Crippen LogP contribution in [-0.4, -0.2) is 24.9 Å². The molecule has 4 heteroatoms. The highest BCUT2D eigenvalue weighted by molar-refractivity contribution is 5.72. The molecule has 58 valence electrons. The first-order valence-corrected chi connectivity index (χ1v) is 3.30. The van der Waals surface area contributed by atoms with Crippen molar-refractivity contribution in [1.29, 1.82) is 0 Å². The number of esters is 1. The van der Waals surface area contributed by atoms with Gasteiger partial charge in [-0.1, -0.05) is 0 Å². The fourth-order valence-corrected chi connectivity index (χ4v) is 0.876. The lowest BCUT2D eigenvalue weighted by Crippen LogP contribution is -2.32. The smallest absolute Gasteiger partial charge is 0.309 e. The van der Waals surface area contributed by atoms with Crippen LogP contribution in [0.25, 0.3) is 0 Å². The second kappa shape index (κ2) is 2.98. The molecule has 0 bridgehead atoms. The van der Waals surface area contributed by atoms with Gasteiger partial charge in [0.2, 0.25) is 6.29 Å². The molecule has 1 saturated heterocycles. The minimum Gasteiger partial charge on any atom is -0.434 e. The third kappa shape index (κ3) is 1.46. The lowest BCUT2D eigenvalue weighted by atomic mass is 10.2. The molecule has 1 aliphatic heterocycles. The molecule has 0 aliphatic carbocycles. The molecule has 1 rings (SSSR count). The fraction of sp³-hybridized carbons (Fsp3) is 0.833. The maximum absolute atomic E-state index is 10.6. The van der Waals surface area contributed by atoms with Crippen molar-refractivity contribution >= 4 is 5.97 Å². The Labute approximate surface area is 59.3 Å². The van der Waals surface area contributed by atoms with Gasteiger partial charge in [-0.25, -0.2) is 0 Å². The van der Waals surface area contributed by atoms with Gasteiger partial charge in [-0.15, -0.1) is 0 Å². The molecule has 1 aliphatic rings. The van der Waals surface area contributed by atoms with E-state index in [-0.39, 0.29) is 18.4 Å². The summed E-state index contributed by atoms with van der Waals surface area (Å²) in [6.07, 6.45) is -0.248. The van der Waals surface area contributed by atoms with E-state index in [2.05, 4.69) is 0 Å². The van der Waals surface area contributed by atoms with Crippen LogP contribution < -0.4 is 5.73 Å². The predicted octanol–water partition coefficient (Wildman–Crippen LogP) is -0.377. The highest BCUT2D eigenvalue weighted by atomic mass is 16.7.